The Balaban J connectivity index is 3.87. The first-order valence-electron chi connectivity index (χ1n) is 6.67. The largest absolute Gasteiger partial charge is 0.481 e. The van der Waals surface area contributed by atoms with E-state index in [1.54, 1.807) is 0 Å². The highest BCUT2D eigenvalue weighted by Gasteiger charge is 2.78. The van der Waals surface area contributed by atoms with Crippen LogP contribution in [-0.4, -0.2) is 52.4 Å². The van der Waals surface area contributed by atoms with E-state index in [0.29, 0.717) is 0 Å². The lowest BCUT2D eigenvalue weighted by atomic mass is 10.3. The number of nitrogens with zero attached hydrogens (tertiary/aromatic N) is 2. The van der Waals surface area contributed by atoms with Gasteiger partial charge in [0.1, 0.15) is 0 Å². The summed E-state index contributed by atoms with van der Waals surface area (Å²) in [7, 11) is -7.08. The Morgan fingerprint density at radius 3 is 1.70 bits per heavy atom. The number of benzene rings is 1. The number of halogens is 7. The van der Waals surface area contributed by atoms with Crippen molar-refractivity contribution in [3.8, 4) is 0 Å². The van der Waals surface area contributed by atoms with Crippen LogP contribution in [0.2, 0.25) is 0 Å². The van der Waals surface area contributed by atoms with Gasteiger partial charge in [0.05, 0.1) is 20.5 Å². The normalized spacial score (nSPS) is 13.2. The summed E-state index contributed by atoms with van der Waals surface area (Å²) in [6.07, 6.45) is -7.07. The molecule has 1 N–H and O–H groups in total. The Bertz CT molecular complexity index is 974. The minimum atomic E-state index is -7.17. The van der Waals surface area contributed by atoms with Gasteiger partial charge in [-0.3, -0.25) is 25.0 Å². The lowest BCUT2D eigenvalue weighted by Gasteiger charge is -2.27. The monoisotopic (exact) mass is 490 g/mol. The van der Waals surface area contributed by atoms with Gasteiger partial charge < -0.3 is 5.11 Å². The molecular formula is C11H5F7N2O8S2. The molecule has 0 saturated heterocycles. The van der Waals surface area contributed by atoms with Crippen LogP contribution < -0.4 is 0 Å². The molecule has 19 heteroatoms. The quantitative estimate of drug-likeness (QED) is 0.250. The second-order valence-electron chi connectivity index (χ2n) is 5.08. The summed E-state index contributed by atoms with van der Waals surface area (Å²) >= 11 is -0.118. The Morgan fingerprint density at radius 1 is 1.00 bits per heavy atom. The molecule has 0 atom stereocenters. The van der Waals surface area contributed by atoms with E-state index in [9.17, 15) is 64.2 Å². The topological polar surface area (TPSA) is 158 Å². The summed E-state index contributed by atoms with van der Waals surface area (Å²) in [5.41, 5.74) is -3.36. The molecule has 0 bridgehead atoms. The fraction of sp³-hybridized carbons (Fsp3) is 0.364. The summed E-state index contributed by atoms with van der Waals surface area (Å²) < 4.78 is 114. The fourth-order valence-corrected chi connectivity index (χ4v) is 3.88. The number of alkyl halides is 7. The molecule has 0 aliphatic rings. The van der Waals surface area contributed by atoms with Crippen molar-refractivity contribution < 1.29 is 58.9 Å². The lowest BCUT2D eigenvalue weighted by Crippen LogP contribution is -2.55. The third-order valence-electron chi connectivity index (χ3n) is 3.13. The van der Waals surface area contributed by atoms with Crippen molar-refractivity contribution in [1.29, 1.82) is 0 Å². The van der Waals surface area contributed by atoms with Crippen molar-refractivity contribution in [3.05, 3.63) is 32.4 Å². The van der Waals surface area contributed by atoms with Gasteiger partial charge >= 0.3 is 23.3 Å². The van der Waals surface area contributed by atoms with Crippen LogP contribution in [-0.2, 0) is 14.6 Å². The van der Waals surface area contributed by atoms with E-state index in [2.05, 4.69) is 0 Å². The Kier molecular flexibility index (Phi) is 6.63. The van der Waals surface area contributed by atoms with Crippen LogP contribution in [0.3, 0.4) is 0 Å². The van der Waals surface area contributed by atoms with Gasteiger partial charge in [-0.15, -0.1) is 11.8 Å². The maximum atomic E-state index is 13.7. The average molecular weight is 490 g/mol. The van der Waals surface area contributed by atoms with Crippen molar-refractivity contribution in [2.24, 2.45) is 0 Å². The predicted molar refractivity (Wildman–Crippen MR) is 81.2 cm³/mol. The number of hydrogen-bond acceptors (Lipinski definition) is 8. The maximum Gasteiger partial charge on any atom is 0.461 e. The minimum Gasteiger partial charge on any atom is -0.481 e. The smallest absolute Gasteiger partial charge is 0.461 e. The van der Waals surface area contributed by atoms with Crippen LogP contribution in [0, 0.1) is 20.2 Å². The molecule has 168 valence electrons. The van der Waals surface area contributed by atoms with Crippen LogP contribution in [0.15, 0.2) is 21.9 Å². The number of hydrogen-bond donors (Lipinski definition) is 1. The van der Waals surface area contributed by atoms with Crippen LogP contribution in [0.4, 0.5) is 42.1 Å². The number of carboxylic acid groups (broad SMARTS) is 1. The van der Waals surface area contributed by atoms with Gasteiger partial charge in [-0.05, 0) is 0 Å². The van der Waals surface area contributed by atoms with E-state index in [0.717, 1.165) is 0 Å². The van der Waals surface area contributed by atoms with Gasteiger partial charge in [-0.1, -0.05) is 0 Å². The molecular weight excluding hydrogens is 485 g/mol. The minimum absolute atomic E-state index is 0.118. The van der Waals surface area contributed by atoms with Crippen LogP contribution in [0.5, 0.6) is 0 Å². The molecule has 30 heavy (non-hydrogen) atoms. The van der Waals surface area contributed by atoms with Crippen LogP contribution in [0.1, 0.15) is 0 Å². The molecule has 0 aromatic heterocycles. The van der Waals surface area contributed by atoms with Crippen molar-refractivity contribution in [1.82, 2.24) is 0 Å². The lowest BCUT2D eigenvalue weighted by molar-refractivity contribution is -0.400. The molecule has 1 rings (SSSR count). The van der Waals surface area contributed by atoms with Crippen molar-refractivity contribution in [2.75, 3.05) is 5.75 Å². The Hall–Kier alpha value is -2.70. The molecule has 0 saturated carbocycles. The van der Waals surface area contributed by atoms with E-state index in [1.807, 2.05) is 0 Å². The number of rotatable bonds is 8. The molecule has 1 aromatic rings. The summed E-state index contributed by atoms with van der Waals surface area (Å²) in [4.78, 5) is 26.0. The van der Waals surface area contributed by atoms with E-state index >= 15 is 0 Å². The van der Waals surface area contributed by atoms with Crippen molar-refractivity contribution >= 4 is 38.9 Å². The molecule has 0 heterocycles. The van der Waals surface area contributed by atoms with Gasteiger partial charge in [0.25, 0.3) is 21.2 Å². The van der Waals surface area contributed by atoms with E-state index < -0.39 is 82.1 Å². The maximum absolute atomic E-state index is 13.7. The number of carbonyl (C=O) groups is 1. The number of nitro benzene ring substituents is 2. The molecule has 0 radical (unpaired) electrons. The number of aliphatic carboxylic acids is 1. The second-order valence-corrected chi connectivity index (χ2v) is 8.06. The average Bonchev–Trinajstić information content (AvgIpc) is 2.57. The van der Waals surface area contributed by atoms with Gasteiger partial charge in [-0.2, -0.15) is 30.7 Å². The van der Waals surface area contributed by atoms with Gasteiger partial charge in [0.2, 0.25) is 0 Å². The van der Waals surface area contributed by atoms with Crippen molar-refractivity contribution in [3.63, 3.8) is 0 Å². The standard InChI is InChI=1S/C11H5F7N2O8S2/c12-9(13,10(14,15)16)11(17,18)30(27,28)4-1-5(19(23)24)8(29-3-7(21)22)6(2-4)20(25)26/h1-2H,3H2,(H,21,22). The number of carboxylic acids is 1. The SMILES string of the molecule is O=C(O)CSc1c([N+](=O)[O-])cc(S(=O)(=O)C(F)(F)C(F)(F)C(F)(F)F)cc1[N+](=O)[O-]. The molecule has 0 amide bonds. The molecule has 0 aliphatic heterocycles. The van der Waals surface area contributed by atoms with Crippen molar-refractivity contribution in [2.45, 2.75) is 27.1 Å². The first-order chi connectivity index (χ1) is 13.3. The van der Waals surface area contributed by atoms with Gasteiger partial charge in [-0.25, -0.2) is 8.42 Å². The highest BCUT2D eigenvalue weighted by atomic mass is 32.2. The zero-order chi connectivity index (χ0) is 23.9. The summed E-state index contributed by atoms with van der Waals surface area (Å²) in [5, 5.41) is 23.7. The molecule has 0 spiro atoms. The molecule has 0 unspecified atom stereocenters. The predicted octanol–water partition coefficient (Wildman–Crippen LogP) is 3.24. The number of sulfone groups is 1. The summed E-state index contributed by atoms with van der Waals surface area (Å²) in [6, 6.07) is -0.820. The van der Waals surface area contributed by atoms with Gasteiger partial charge in [0.15, 0.2) is 4.90 Å². The van der Waals surface area contributed by atoms with Crippen LogP contribution >= 0.6 is 11.8 Å². The molecule has 1 aromatic carbocycles. The van der Waals surface area contributed by atoms with E-state index in [1.165, 1.54) is 0 Å². The first-order valence-corrected chi connectivity index (χ1v) is 9.14. The third-order valence-corrected chi connectivity index (χ3v) is 6.01. The highest BCUT2D eigenvalue weighted by Crippen LogP contribution is 2.52. The number of thioether (sulfide) groups is 1. The van der Waals surface area contributed by atoms with E-state index in [-0.39, 0.29) is 11.8 Å². The highest BCUT2D eigenvalue weighted by molar-refractivity contribution is 8.00. The molecule has 0 fully saturated rings. The number of nitro groups is 2. The summed E-state index contributed by atoms with van der Waals surface area (Å²) in [5.74, 6) is -9.91. The Morgan fingerprint density at radius 2 is 1.40 bits per heavy atom. The third kappa shape index (κ3) is 4.25. The molecule has 10 nitrogen and oxygen atoms in total. The Labute approximate surface area is 163 Å². The van der Waals surface area contributed by atoms with E-state index in [4.69, 9.17) is 5.11 Å². The van der Waals surface area contributed by atoms with Crippen LogP contribution in [0.25, 0.3) is 0 Å². The first kappa shape index (κ1) is 25.3. The zero-order valence-electron chi connectivity index (χ0n) is 13.5. The molecule has 0 aliphatic carbocycles. The fourth-order valence-electron chi connectivity index (χ4n) is 1.76. The zero-order valence-corrected chi connectivity index (χ0v) is 15.2. The second kappa shape index (κ2) is 7.85. The van der Waals surface area contributed by atoms with Gasteiger partial charge in [0, 0.05) is 12.1 Å². The summed E-state index contributed by atoms with van der Waals surface area (Å²) in [6.45, 7) is 0.